The van der Waals surface area contributed by atoms with Crippen molar-refractivity contribution in [2.75, 3.05) is 0 Å². The third kappa shape index (κ3) is 2.31. The molecule has 0 saturated carbocycles. The molecular formula is C9H5F3N2O2S. The fraction of sp³-hybridized carbons (Fsp3) is 0.111. The highest BCUT2D eigenvalue weighted by Gasteiger charge is 2.33. The van der Waals surface area contributed by atoms with Gasteiger partial charge in [0.05, 0.1) is 0 Å². The van der Waals surface area contributed by atoms with Crippen LogP contribution in [0.4, 0.5) is 13.2 Å². The SMILES string of the molecule is O=C(O)c1ccc(-n2ccc(C(F)(F)F)n2)s1. The molecule has 8 heteroatoms. The quantitative estimate of drug-likeness (QED) is 0.905. The number of carboxylic acids is 1. The number of nitrogens with zero attached hydrogens (tertiary/aromatic N) is 2. The molecule has 2 heterocycles. The first kappa shape index (κ1) is 11.6. The summed E-state index contributed by atoms with van der Waals surface area (Å²) < 4.78 is 37.9. The van der Waals surface area contributed by atoms with E-state index in [-0.39, 0.29) is 4.88 Å². The Morgan fingerprint density at radius 1 is 1.35 bits per heavy atom. The number of carbonyl (C=O) groups is 1. The molecule has 0 amide bonds. The van der Waals surface area contributed by atoms with Gasteiger partial charge >= 0.3 is 12.1 Å². The van der Waals surface area contributed by atoms with Gasteiger partial charge in [0.15, 0.2) is 5.69 Å². The van der Waals surface area contributed by atoms with Gasteiger partial charge in [-0.1, -0.05) is 0 Å². The highest BCUT2D eigenvalue weighted by molar-refractivity contribution is 7.16. The van der Waals surface area contributed by atoms with E-state index >= 15 is 0 Å². The van der Waals surface area contributed by atoms with E-state index in [0.29, 0.717) is 5.00 Å². The normalized spacial score (nSPS) is 11.7. The minimum atomic E-state index is -4.50. The number of thiophene rings is 1. The predicted octanol–water partition coefficient (Wildman–Crippen LogP) is 2.65. The van der Waals surface area contributed by atoms with Crippen LogP contribution < -0.4 is 0 Å². The number of hydrogen-bond donors (Lipinski definition) is 1. The lowest BCUT2D eigenvalue weighted by Gasteiger charge is -2.00. The van der Waals surface area contributed by atoms with Crippen LogP contribution in [0.15, 0.2) is 24.4 Å². The summed E-state index contributed by atoms with van der Waals surface area (Å²) in [4.78, 5) is 10.7. The summed E-state index contributed by atoms with van der Waals surface area (Å²) in [6, 6.07) is 3.55. The Hall–Kier alpha value is -1.83. The van der Waals surface area contributed by atoms with Crippen molar-refractivity contribution in [2.45, 2.75) is 6.18 Å². The molecule has 0 aliphatic carbocycles. The molecule has 0 radical (unpaired) electrons. The summed E-state index contributed by atoms with van der Waals surface area (Å²) in [5.41, 5.74) is -1.01. The standard InChI is InChI=1S/C9H5F3N2O2S/c10-9(11,12)6-3-4-14(13-6)7-2-1-5(17-7)8(15)16/h1-4H,(H,15,16). The number of halogens is 3. The van der Waals surface area contributed by atoms with Crippen LogP contribution in [0.2, 0.25) is 0 Å². The maximum absolute atomic E-state index is 12.3. The van der Waals surface area contributed by atoms with Gasteiger partial charge in [0, 0.05) is 6.20 Å². The third-order valence-electron chi connectivity index (χ3n) is 1.91. The molecule has 0 atom stereocenters. The Kier molecular flexibility index (Phi) is 2.66. The maximum Gasteiger partial charge on any atom is 0.435 e. The summed E-state index contributed by atoms with van der Waals surface area (Å²) in [5.74, 6) is -1.12. The molecule has 4 nitrogen and oxygen atoms in total. The molecule has 2 aromatic heterocycles. The van der Waals surface area contributed by atoms with Crippen LogP contribution in [-0.2, 0) is 6.18 Å². The Morgan fingerprint density at radius 3 is 2.53 bits per heavy atom. The average molecular weight is 262 g/mol. The predicted molar refractivity (Wildman–Crippen MR) is 53.4 cm³/mol. The van der Waals surface area contributed by atoms with E-state index in [4.69, 9.17) is 5.11 Å². The molecule has 0 bridgehead atoms. The summed E-state index contributed by atoms with van der Waals surface area (Å²) in [6.45, 7) is 0. The van der Waals surface area contributed by atoms with Crippen molar-refractivity contribution in [3.8, 4) is 5.00 Å². The third-order valence-corrected chi connectivity index (χ3v) is 2.97. The number of aromatic nitrogens is 2. The van der Waals surface area contributed by atoms with E-state index in [1.807, 2.05) is 0 Å². The first-order valence-corrected chi connectivity index (χ1v) is 5.16. The van der Waals surface area contributed by atoms with E-state index in [0.717, 1.165) is 28.3 Å². The molecule has 17 heavy (non-hydrogen) atoms. The largest absolute Gasteiger partial charge is 0.477 e. The molecular weight excluding hydrogens is 257 g/mol. The fourth-order valence-electron chi connectivity index (χ4n) is 1.16. The van der Waals surface area contributed by atoms with E-state index < -0.39 is 17.8 Å². The summed E-state index contributed by atoms with van der Waals surface area (Å²) in [6.07, 6.45) is -3.36. The molecule has 0 aromatic carbocycles. The van der Waals surface area contributed by atoms with E-state index in [2.05, 4.69) is 5.10 Å². The van der Waals surface area contributed by atoms with Gasteiger partial charge in [-0.15, -0.1) is 11.3 Å². The number of rotatable bonds is 2. The lowest BCUT2D eigenvalue weighted by atomic mass is 10.4. The monoisotopic (exact) mass is 262 g/mol. The highest BCUT2D eigenvalue weighted by Crippen LogP contribution is 2.28. The molecule has 90 valence electrons. The van der Waals surface area contributed by atoms with E-state index in [1.54, 1.807) is 0 Å². The van der Waals surface area contributed by atoms with Gasteiger partial charge in [0.2, 0.25) is 0 Å². The van der Waals surface area contributed by atoms with Crippen LogP contribution in [0.3, 0.4) is 0 Å². The average Bonchev–Trinajstić information content (AvgIpc) is 2.85. The summed E-state index contributed by atoms with van der Waals surface area (Å²) in [7, 11) is 0. The molecule has 1 N–H and O–H groups in total. The molecule has 0 fully saturated rings. The van der Waals surface area contributed by atoms with Crippen molar-refractivity contribution in [3.63, 3.8) is 0 Å². The van der Waals surface area contributed by atoms with Crippen molar-refractivity contribution in [1.29, 1.82) is 0 Å². The Balaban J connectivity index is 2.34. The lowest BCUT2D eigenvalue weighted by molar-refractivity contribution is -0.141. The molecule has 2 aromatic rings. The lowest BCUT2D eigenvalue weighted by Crippen LogP contribution is -2.06. The number of aromatic carboxylic acids is 1. The van der Waals surface area contributed by atoms with Crippen molar-refractivity contribution in [3.05, 3.63) is 35.0 Å². The van der Waals surface area contributed by atoms with Crippen molar-refractivity contribution in [1.82, 2.24) is 9.78 Å². The first-order chi connectivity index (χ1) is 7.88. The summed E-state index contributed by atoms with van der Waals surface area (Å²) in [5, 5.41) is 12.3. The van der Waals surface area contributed by atoms with Crippen molar-refractivity contribution < 1.29 is 23.1 Å². The highest BCUT2D eigenvalue weighted by atomic mass is 32.1. The van der Waals surface area contributed by atoms with Gasteiger partial charge in [-0.3, -0.25) is 0 Å². The molecule has 2 rings (SSSR count). The second kappa shape index (κ2) is 3.88. The zero-order chi connectivity index (χ0) is 12.6. The first-order valence-electron chi connectivity index (χ1n) is 4.34. The van der Waals surface area contributed by atoms with Crippen LogP contribution in [-0.4, -0.2) is 20.9 Å². The second-order valence-electron chi connectivity index (χ2n) is 3.09. The van der Waals surface area contributed by atoms with Gasteiger partial charge in [-0.2, -0.15) is 18.3 Å². The minimum absolute atomic E-state index is 0.0454. The maximum atomic E-state index is 12.3. The van der Waals surface area contributed by atoms with Gasteiger partial charge in [0.1, 0.15) is 9.88 Å². The fourth-order valence-corrected chi connectivity index (χ4v) is 1.94. The Bertz CT molecular complexity index is 559. The van der Waals surface area contributed by atoms with Crippen LogP contribution >= 0.6 is 11.3 Å². The number of carboxylic acid groups (broad SMARTS) is 1. The van der Waals surface area contributed by atoms with E-state index in [1.165, 1.54) is 12.1 Å². The second-order valence-corrected chi connectivity index (χ2v) is 4.15. The van der Waals surface area contributed by atoms with E-state index in [9.17, 15) is 18.0 Å². The van der Waals surface area contributed by atoms with Crippen molar-refractivity contribution >= 4 is 17.3 Å². The number of hydrogen-bond acceptors (Lipinski definition) is 3. The Morgan fingerprint density at radius 2 is 2.06 bits per heavy atom. The topological polar surface area (TPSA) is 55.1 Å². The Labute approximate surface area is 96.9 Å². The zero-order valence-electron chi connectivity index (χ0n) is 8.10. The molecule has 0 aliphatic heterocycles. The van der Waals surface area contributed by atoms with Gasteiger partial charge in [0.25, 0.3) is 0 Å². The van der Waals surface area contributed by atoms with Crippen molar-refractivity contribution in [2.24, 2.45) is 0 Å². The smallest absolute Gasteiger partial charge is 0.435 e. The number of alkyl halides is 3. The van der Waals surface area contributed by atoms with Crippen LogP contribution in [0.5, 0.6) is 0 Å². The van der Waals surface area contributed by atoms with Gasteiger partial charge in [-0.25, -0.2) is 9.48 Å². The van der Waals surface area contributed by atoms with Crippen LogP contribution in [0.1, 0.15) is 15.4 Å². The molecule has 0 spiro atoms. The van der Waals surface area contributed by atoms with Crippen LogP contribution in [0.25, 0.3) is 5.00 Å². The molecule has 0 saturated heterocycles. The van der Waals surface area contributed by atoms with Crippen LogP contribution in [0, 0.1) is 0 Å². The molecule has 0 unspecified atom stereocenters. The zero-order valence-corrected chi connectivity index (χ0v) is 8.92. The minimum Gasteiger partial charge on any atom is -0.477 e. The summed E-state index contributed by atoms with van der Waals surface area (Å²) >= 11 is 0.852. The van der Waals surface area contributed by atoms with Gasteiger partial charge < -0.3 is 5.11 Å². The van der Waals surface area contributed by atoms with Gasteiger partial charge in [-0.05, 0) is 18.2 Å². The molecule has 0 aliphatic rings.